The minimum atomic E-state index is -0.00882. The van der Waals surface area contributed by atoms with E-state index in [1.807, 2.05) is 44.0 Å². The number of nitrogens with zero attached hydrogens (tertiary/aromatic N) is 1. The molecule has 4 heteroatoms. The minimum Gasteiger partial charge on any atom is -0.359 e. The summed E-state index contributed by atoms with van der Waals surface area (Å²) in [6, 6.07) is 5.74. The molecular formula is C15H22N2O2. The molecule has 0 bridgehead atoms. The van der Waals surface area contributed by atoms with Crippen LogP contribution >= 0.6 is 0 Å². The van der Waals surface area contributed by atoms with Gasteiger partial charge in [0.05, 0.1) is 6.54 Å². The molecule has 0 unspecified atom stereocenters. The Bertz CT molecular complexity index is 469. The number of hydrogen-bond donors (Lipinski definition) is 1. The van der Waals surface area contributed by atoms with Crippen molar-refractivity contribution >= 4 is 11.7 Å². The van der Waals surface area contributed by atoms with Crippen LogP contribution in [0.1, 0.15) is 27.9 Å². The van der Waals surface area contributed by atoms with Crippen molar-refractivity contribution in [3.05, 3.63) is 34.9 Å². The van der Waals surface area contributed by atoms with Crippen LogP contribution in [0, 0.1) is 13.8 Å². The molecule has 0 radical (unpaired) electrons. The number of carbonyl (C=O) groups excluding carboxylic acids is 2. The molecule has 1 rings (SSSR count). The Morgan fingerprint density at radius 2 is 1.89 bits per heavy atom. The molecule has 0 saturated heterocycles. The Hall–Kier alpha value is -1.68. The number of hydrogen-bond acceptors (Lipinski definition) is 3. The van der Waals surface area contributed by atoms with E-state index in [2.05, 4.69) is 5.32 Å². The standard InChI is InChI=1S/C15H22N2O2/c1-11-5-6-13(9-12(11)2)14(18)10-17(4)8-7-15(19)16-3/h5-6,9H,7-8,10H2,1-4H3,(H,16,19). The van der Waals surface area contributed by atoms with Crippen molar-refractivity contribution in [2.45, 2.75) is 20.3 Å². The summed E-state index contributed by atoms with van der Waals surface area (Å²) >= 11 is 0. The molecule has 1 aromatic rings. The summed E-state index contributed by atoms with van der Waals surface area (Å²) in [7, 11) is 3.46. The van der Waals surface area contributed by atoms with Crippen LogP contribution in [0.4, 0.5) is 0 Å². The predicted octanol–water partition coefficient (Wildman–Crippen LogP) is 1.55. The lowest BCUT2D eigenvalue weighted by molar-refractivity contribution is -0.120. The lowest BCUT2D eigenvalue weighted by atomic mass is 10.0. The molecular weight excluding hydrogens is 240 g/mol. The monoisotopic (exact) mass is 262 g/mol. The summed E-state index contributed by atoms with van der Waals surface area (Å²) in [6.07, 6.45) is 0.410. The first-order valence-electron chi connectivity index (χ1n) is 6.43. The van der Waals surface area contributed by atoms with Gasteiger partial charge >= 0.3 is 0 Å². The third kappa shape index (κ3) is 4.83. The van der Waals surface area contributed by atoms with Gasteiger partial charge in [0, 0.05) is 25.6 Å². The molecule has 0 aliphatic heterocycles. The van der Waals surface area contributed by atoms with Crippen molar-refractivity contribution in [3.63, 3.8) is 0 Å². The van der Waals surface area contributed by atoms with Gasteiger partial charge in [-0.15, -0.1) is 0 Å². The van der Waals surface area contributed by atoms with E-state index < -0.39 is 0 Å². The number of nitrogens with one attached hydrogen (secondary N) is 1. The summed E-state index contributed by atoms with van der Waals surface area (Å²) in [6.45, 7) is 4.94. The van der Waals surface area contributed by atoms with Crippen molar-refractivity contribution in [2.75, 3.05) is 27.2 Å². The van der Waals surface area contributed by atoms with Crippen LogP contribution in [0.3, 0.4) is 0 Å². The maximum atomic E-state index is 12.1. The summed E-state index contributed by atoms with van der Waals surface area (Å²) in [5.74, 6) is 0.0768. The number of amides is 1. The summed E-state index contributed by atoms with van der Waals surface area (Å²) < 4.78 is 0. The van der Waals surface area contributed by atoms with Crippen LogP contribution in [-0.4, -0.2) is 43.8 Å². The van der Waals surface area contributed by atoms with E-state index in [0.717, 1.165) is 11.1 Å². The lowest BCUT2D eigenvalue weighted by Gasteiger charge is -2.15. The first-order valence-corrected chi connectivity index (χ1v) is 6.43. The van der Waals surface area contributed by atoms with Crippen molar-refractivity contribution < 1.29 is 9.59 Å². The molecule has 0 aliphatic carbocycles. The van der Waals surface area contributed by atoms with E-state index in [0.29, 0.717) is 19.5 Å². The summed E-state index contributed by atoms with van der Waals surface area (Å²) in [5.41, 5.74) is 3.04. The topological polar surface area (TPSA) is 49.4 Å². The molecule has 0 saturated carbocycles. The third-order valence-corrected chi connectivity index (χ3v) is 3.24. The number of likely N-dealkylation sites (N-methyl/N-ethyl adjacent to an activating group) is 1. The van der Waals surface area contributed by atoms with Gasteiger partial charge in [0.25, 0.3) is 0 Å². The second-order valence-corrected chi connectivity index (χ2v) is 4.88. The molecule has 0 aromatic heterocycles. The highest BCUT2D eigenvalue weighted by atomic mass is 16.1. The fourth-order valence-corrected chi connectivity index (χ4v) is 1.75. The van der Waals surface area contributed by atoms with E-state index in [1.54, 1.807) is 7.05 Å². The third-order valence-electron chi connectivity index (χ3n) is 3.24. The van der Waals surface area contributed by atoms with Gasteiger partial charge < -0.3 is 5.32 Å². The Morgan fingerprint density at radius 3 is 2.47 bits per heavy atom. The van der Waals surface area contributed by atoms with Crippen LogP contribution in [0.25, 0.3) is 0 Å². The van der Waals surface area contributed by atoms with E-state index in [1.165, 1.54) is 5.56 Å². The second kappa shape index (κ2) is 7.04. The van der Waals surface area contributed by atoms with Crippen LogP contribution in [-0.2, 0) is 4.79 Å². The average molecular weight is 262 g/mol. The summed E-state index contributed by atoms with van der Waals surface area (Å²) in [4.78, 5) is 25.1. The van der Waals surface area contributed by atoms with Crippen LogP contribution in [0.2, 0.25) is 0 Å². The van der Waals surface area contributed by atoms with Gasteiger partial charge in [-0.1, -0.05) is 12.1 Å². The smallest absolute Gasteiger partial charge is 0.221 e. The van der Waals surface area contributed by atoms with E-state index in [-0.39, 0.29) is 11.7 Å². The molecule has 1 N–H and O–H groups in total. The number of benzene rings is 1. The molecule has 0 heterocycles. The molecule has 0 atom stereocenters. The lowest BCUT2D eigenvalue weighted by Crippen LogP contribution is -2.30. The Labute approximate surface area is 114 Å². The molecule has 0 aliphatic rings. The number of aryl methyl sites for hydroxylation is 2. The molecule has 19 heavy (non-hydrogen) atoms. The molecule has 104 valence electrons. The minimum absolute atomic E-state index is 0.00882. The zero-order valence-electron chi connectivity index (χ0n) is 12.1. The van der Waals surface area contributed by atoms with E-state index >= 15 is 0 Å². The predicted molar refractivity (Wildman–Crippen MR) is 76.4 cm³/mol. The highest BCUT2D eigenvalue weighted by Gasteiger charge is 2.11. The van der Waals surface area contributed by atoms with Gasteiger partial charge in [0.1, 0.15) is 0 Å². The number of carbonyl (C=O) groups is 2. The normalized spacial score (nSPS) is 10.6. The zero-order valence-corrected chi connectivity index (χ0v) is 12.1. The second-order valence-electron chi connectivity index (χ2n) is 4.88. The van der Waals surface area contributed by atoms with E-state index in [4.69, 9.17) is 0 Å². The van der Waals surface area contributed by atoms with Crippen LogP contribution in [0.5, 0.6) is 0 Å². The highest BCUT2D eigenvalue weighted by molar-refractivity contribution is 5.97. The molecule has 0 fully saturated rings. The molecule has 1 amide bonds. The highest BCUT2D eigenvalue weighted by Crippen LogP contribution is 2.10. The SMILES string of the molecule is CNC(=O)CCN(C)CC(=O)c1ccc(C)c(C)c1. The van der Waals surface area contributed by atoms with Gasteiger partial charge in [0.2, 0.25) is 5.91 Å². The van der Waals surface area contributed by atoms with Gasteiger partial charge in [-0.3, -0.25) is 14.5 Å². The van der Waals surface area contributed by atoms with Crippen molar-refractivity contribution in [1.82, 2.24) is 10.2 Å². The van der Waals surface area contributed by atoms with Crippen LogP contribution < -0.4 is 5.32 Å². The molecule has 4 nitrogen and oxygen atoms in total. The average Bonchev–Trinajstić information content (AvgIpc) is 2.38. The first kappa shape index (κ1) is 15.4. The van der Waals surface area contributed by atoms with Crippen LogP contribution in [0.15, 0.2) is 18.2 Å². The molecule has 1 aromatic carbocycles. The first-order chi connectivity index (χ1) is 8.93. The maximum absolute atomic E-state index is 12.1. The number of Topliss-reactive ketones (excluding diaryl/α,β-unsaturated/α-hetero) is 1. The Balaban J connectivity index is 2.54. The van der Waals surface area contributed by atoms with Gasteiger partial charge in [-0.05, 0) is 38.1 Å². The number of rotatable bonds is 6. The Kier molecular flexibility index (Phi) is 5.70. The van der Waals surface area contributed by atoms with Gasteiger partial charge in [-0.25, -0.2) is 0 Å². The fourth-order valence-electron chi connectivity index (χ4n) is 1.75. The summed E-state index contributed by atoms with van der Waals surface area (Å²) in [5, 5.41) is 2.57. The van der Waals surface area contributed by atoms with Crippen molar-refractivity contribution in [3.8, 4) is 0 Å². The maximum Gasteiger partial charge on any atom is 0.221 e. The van der Waals surface area contributed by atoms with Crippen molar-refractivity contribution in [2.24, 2.45) is 0 Å². The largest absolute Gasteiger partial charge is 0.359 e. The van der Waals surface area contributed by atoms with Gasteiger partial charge in [0.15, 0.2) is 5.78 Å². The van der Waals surface area contributed by atoms with Crippen molar-refractivity contribution in [1.29, 1.82) is 0 Å². The van der Waals surface area contributed by atoms with E-state index in [9.17, 15) is 9.59 Å². The van der Waals surface area contributed by atoms with Gasteiger partial charge in [-0.2, -0.15) is 0 Å². The quantitative estimate of drug-likeness (QED) is 0.791. The fraction of sp³-hybridized carbons (Fsp3) is 0.467. The zero-order chi connectivity index (χ0) is 14.4. The molecule has 0 spiro atoms. The Morgan fingerprint density at radius 1 is 1.21 bits per heavy atom. The number of ketones is 1.